The fourth-order valence-electron chi connectivity index (χ4n) is 2.02. The van der Waals surface area contributed by atoms with E-state index in [2.05, 4.69) is 29.4 Å². The van der Waals surface area contributed by atoms with E-state index in [0.717, 1.165) is 18.7 Å². The molecule has 0 saturated heterocycles. The van der Waals surface area contributed by atoms with Gasteiger partial charge in [-0.2, -0.15) is 0 Å². The molecule has 2 rings (SSSR count). The predicted molar refractivity (Wildman–Crippen MR) is 67.6 cm³/mol. The summed E-state index contributed by atoms with van der Waals surface area (Å²) in [5.41, 5.74) is 8.28. The van der Waals surface area contributed by atoms with Crippen LogP contribution in [0.5, 0.6) is 0 Å². The van der Waals surface area contributed by atoms with E-state index in [0.29, 0.717) is 12.5 Å². The first-order chi connectivity index (χ1) is 8.35. The number of rotatable bonds is 5. The van der Waals surface area contributed by atoms with Gasteiger partial charge in [-0.15, -0.1) is 5.10 Å². The smallest absolute Gasteiger partial charge is 0.0725 e. The molecule has 90 valence electrons. The molecule has 0 spiro atoms. The monoisotopic (exact) mass is 230 g/mol. The Morgan fingerprint density at radius 3 is 2.71 bits per heavy atom. The second-order valence-electron chi connectivity index (χ2n) is 4.09. The van der Waals surface area contributed by atoms with Crippen LogP contribution in [0.4, 0.5) is 0 Å². The Bertz CT molecular complexity index is 449. The number of benzene rings is 1. The molecule has 1 atom stereocenters. The van der Waals surface area contributed by atoms with Crippen LogP contribution in [0.25, 0.3) is 0 Å². The van der Waals surface area contributed by atoms with Crippen molar-refractivity contribution in [2.75, 3.05) is 6.54 Å². The molecule has 0 fully saturated rings. The molecule has 0 bridgehead atoms. The number of aromatic nitrogens is 3. The summed E-state index contributed by atoms with van der Waals surface area (Å²) in [5.74, 6) is 0.333. The van der Waals surface area contributed by atoms with E-state index in [9.17, 15) is 0 Å². The maximum Gasteiger partial charge on any atom is 0.0725 e. The zero-order chi connectivity index (χ0) is 12.1. The molecule has 1 heterocycles. The molecule has 0 radical (unpaired) electrons. The predicted octanol–water partition coefficient (Wildman–Crippen LogP) is 1.58. The van der Waals surface area contributed by atoms with Crippen LogP contribution in [0, 0.1) is 0 Å². The van der Waals surface area contributed by atoms with E-state index in [4.69, 9.17) is 5.73 Å². The lowest BCUT2D eigenvalue weighted by Gasteiger charge is -2.15. The van der Waals surface area contributed by atoms with Gasteiger partial charge in [0.2, 0.25) is 0 Å². The molecule has 2 N–H and O–H groups in total. The molecule has 0 aliphatic carbocycles. The van der Waals surface area contributed by atoms with Crippen molar-refractivity contribution in [3.63, 3.8) is 0 Å². The van der Waals surface area contributed by atoms with Gasteiger partial charge in [-0.25, -0.2) is 4.68 Å². The molecule has 2 aromatic rings. The summed E-state index contributed by atoms with van der Waals surface area (Å²) in [6.07, 6.45) is 2.72. The summed E-state index contributed by atoms with van der Waals surface area (Å²) >= 11 is 0. The molecule has 1 aromatic carbocycles. The van der Waals surface area contributed by atoms with Crippen LogP contribution in [-0.2, 0) is 13.0 Å². The average Bonchev–Trinajstić information content (AvgIpc) is 2.84. The highest BCUT2D eigenvalue weighted by Crippen LogP contribution is 2.19. The Morgan fingerprint density at radius 1 is 1.29 bits per heavy atom. The Labute approximate surface area is 101 Å². The van der Waals surface area contributed by atoms with E-state index < -0.39 is 0 Å². The number of hydrogen-bond acceptors (Lipinski definition) is 3. The van der Waals surface area contributed by atoms with Crippen molar-refractivity contribution in [2.24, 2.45) is 5.73 Å². The second kappa shape index (κ2) is 5.59. The van der Waals surface area contributed by atoms with E-state index in [1.54, 1.807) is 0 Å². The van der Waals surface area contributed by atoms with Crippen LogP contribution < -0.4 is 5.73 Å². The molecule has 0 amide bonds. The second-order valence-corrected chi connectivity index (χ2v) is 4.09. The van der Waals surface area contributed by atoms with Gasteiger partial charge >= 0.3 is 0 Å². The topological polar surface area (TPSA) is 56.7 Å². The zero-order valence-electron chi connectivity index (χ0n) is 10.1. The molecule has 4 nitrogen and oxygen atoms in total. The maximum atomic E-state index is 5.86. The van der Waals surface area contributed by atoms with Gasteiger partial charge in [0, 0.05) is 12.5 Å². The SMILES string of the molecule is CCn1nncc1CC(CN)c1ccccc1. The molecule has 17 heavy (non-hydrogen) atoms. The Balaban J connectivity index is 2.16. The number of nitrogens with two attached hydrogens (primary N) is 1. The molecule has 4 heteroatoms. The van der Waals surface area contributed by atoms with E-state index in [1.165, 1.54) is 5.56 Å². The largest absolute Gasteiger partial charge is 0.330 e. The molecule has 0 aliphatic heterocycles. The van der Waals surface area contributed by atoms with Crippen LogP contribution in [0.15, 0.2) is 36.5 Å². The van der Waals surface area contributed by atoms with Crippen molar-refractivity contribution in [3.8, 4) is 0 Å². The standard InChI is InChI=1S/C13H18N4/c1-2-17-13(10-15-16-17)8-12(9-14)11-6-4-3-5-7-11/h3-7,10,12H,2,8-9,14H2,1H3. The summed E-state index contributed by atoms with van der Waals surface area (Å²) in [7, 11) is 0. The van der Waals surface area contributed by atoms with Crippen molar-refractivity contribution < 1.29 is 0 Å². The molecular weight excluding hydrogens is 212 g/mol. The molecule has 1 aromatic heterocycles. The third kappa shape index (κ3) is 2.71. The van der Waals surface area contributed by atoms with E-state index in [1.807, 2.05) is 29.1 Å². The Hall–Kier alpha value is -1.68. The molecular formula is C13H18N4. The maximum absolute atomic E-state index is 5.86. The Kier molecular flexibility index (Phi) is 3.88. The number of aryl methyl sites for hydroxylation is 1. The van der Waals surface area contributed by atoms with Crippen LogP contribution >= 0.6 is 0 Å². The van der Waals surface area contributed by atoms with Gasteiger partial charge in [0.05, 0.1) is 11.9 Å². The fourth-order valence-corrected chi connectivity index (χ4v) is 2.02. The summed E-state index contributed by atoms with van der Waals surface area (Å²) in [5, 5.41) is 7.99. The lowest BCUT2D eigenvalue weighted by atomic mass is 9.94. The average molecular weight is 230 g/mol. The molecule has 0 aliphatic rings. The minimum atomic E-state index is 0.333. The quantitative estimate of drug-likeness (QED) is 0.848. The van der Waals surface area contributed by atoms with Gasteiger partial charge in [0.15, 0.2) is 0 Å². The van der Waals surface area contributed by atoms with Crippen molar-refractivity contribution in [3.05, 3.63) is 47.8 Å². The lowest BCUT2D eigenvalue weighted by molar-refractivity contribution is 0.571. The Morgan fingerprint density at radius 2 is 2.06 bits per heavy atom. The van der Waals surface area contributed by atoms with Gasteiger partial charge in [-0.1, -0.05) is 35.5 Å². The molecule has 0 saturated carbocycles. The minimum Gasteiger partial charge on any atom is -0.330 e. The summed E-state index contributed by atoms with van der Waals surface area (Å²) in [6.45, 7) is 3.55. The third-order valence-electron chi connectivity index (χ3n) is 3.01. The lowest BCUT2D eigenvalue weighted by Crippen LogP contribution is -2.17. The van der Waals surface area contributed by atoms with Gasteiger partial charge in [-0.05, 0) is 25.5 Å². The molecule has 1 unspecified atom stereocenters. The van der Waals surface area contributed by atoms with Crippen LogP contribution in [-0.4, -0.2) is 21.5 Å². The van der Waals surface area contributed by atoms with E-state index >= 15 is 0 Å². The number of nitrogens with zero attached hydrogens (tertiary/aromatic N) is 3. The first kappa shape index (κ1) is 11.8. The van der Waals surface area contributed by atoms with Gasteiger partial charge in [0.1, 0.15) is 0 Å². The number of hydrogen-bond donors (Lipinski definition) is 1. The van der Waals surface area contributed by atoms with Crippen molar-refractivity contribution >= 4 is 0 Å². The van der Waals surface area contributed by atoms with Gasteiger partial charge < -0.3 is 5.73 Å². The highest BCUT2D eigenvalue weighted by atomic mass is 15.4. The van der Waals surface area contributed by atoms with Crippen molar-refractivity contribution in [2.45, 2.75) is 25.8 Å². The highest BCUT2D eigenvalue weighted by molar-refractivity contribution is 5.21. The first-order valence-corrected chi connectivity index (χ1v) is 5.97. The first-order valence-electron chi connectivity index (χ1n) is 5.97. The summed E-state index contributed by atoms with van der Waals surface area (Å²) in [6, 6.07) is 10.4. The summed E-state index contributed by atoms with van der Waals surface area (Å²) < 4.78 is 1.92. The van der Waals surface area contributed by atoms with Crippen LogP contribution in [0.3, 0.4) is 0 Å². The van der Waals surface area contributed by atoms with Crippen LogP contribution in [0.1, 0.15) is 24.1 Å². The fraction of sp³-hybridized carbons (Fsp3) is 0.385. The third-order valence-corrected chi connectivity index (χ3v) is 3.01. The zero-order valence-corrected chi connectivity index (χ0v) is 10.1. The highest BCUT2D eigenvalue weighted by Gasteiger charge is 2.13. The van der Waals surface area contributed by atoms with Crippen molar-refractivity contribution in [1.82, 2.24) is 15.0 Å². The minimum absolute atomic E-state index is 0.333. The normalized spacial score (nSPS) is 12.6. The van der Waals surface area contributed by atoms with Crippen LogP contribution in [0.2, 0.25) is 0 Å². The van der Waals surface area contributed by atoms with E-state index in [-0.39, 0.29) is 0 Å². The van der Waals surface area contributed by atoms with Gasteiger partial charge in [-0.3, -0.25) is 0 Å². The van der Waals surface area contributed by atoms with Crippen molar-refractivity contribution in [1.29, 1.82) is 0 Å². The van der Waals surface area contributed by atoms with Gasteiger partial charge in [0.25, 0.3) is 0 Å². The summed E-state index contributed by atoms with van der Waals surface area (Å²) in [4.78, 5) is 0.